The van der Waals surface area contributed by atoms with Crippen LogP contribution >= 0.6 is 0 Å². The molecule has 1 aliphatic heterocycles. The third kappa shape index (κ3) is 1.25. The number of nitrogens with one attached hydrogen (secondary N) is 1. The number of likely N-dealkylation sites (N-methyl/N-ethyl adjacent to an activating group) is 1. The maximum absolute atomic E-state index is 11.0. The summed E-state index contributed by atoms with van der Waals surface area (Å²) in [5.74, 6) is 0.190. The molecule has 90 valence electrons. The van der Waals surface area contributed by atoms with Crippen molar-refractivity contribution in [1.82, 2.24) is 0 Å². The molecular formula is C15H14N2O. The Hall–Kier alpha value is -2.13. The van der Waals surface area contributed by atoms with Gasteiger partial charge in [-0.25, -0.2) is 0 Å². The summed E-state index contributed by atoms with van der Waals surface area (Å²) in [5.41, 5.74) is 1.04. The fourth-order valence-corrected chi connectivity index (χ4v) is 2.53. The van der Waals surface area contributed by atoms with Crippen LogP contribution in [0.3, 0.4) is 0 Å². The zero-order valence-corrected chi connectivity index (χ0v) is 10.1. The molecule has 0 aliphatic carbocycles. The van der Waals surface area contributed by atoms with Gasteiger partial charge < -0.3 is 10.0 Å². The number of anilines is 1. The van der Waals surface area contributed by atoms with Crippen molar-refractivity contribution in [2.75, 3.05) is 11.9 Å². The maximum Gasteiger partial charge on any atom is 0.174 e. The highest BCUT2D eigenvalue weighted by atomic mass is 16.3. The van der Waals surface area contributed by atoms with E-state index < -0.39 is 5.60 Å². The van der Waals surface area contributed by atoms with E-state index in [1.54, 1.807) is 4.90 Å². The highest BCUT2D eigenvalue weighted by Gasteiger charge is 2.46. The van der Waals surface area contributed by atoms with Crippen molar-refractivity contribution in [3.05, 3.63) is 65.7 Å². The van der Waals surface area contributed by atoms with E-state index in [2.05, 4.69) is 0 Å². The lowest BCUT2D eigenvalue weighted by Gasteiger charge is -2.24. The minimum Gasteiger partial charge on any atom is -0.373 e. The fourth-order valence-electron chi connectivity index (χ4n) is 2.53. The van der Waals surface area contributed by atoms with Crippen LogP contribution in [0.1, 0.15) is 11.1 Å². The second kappa shape index (κ2) is 3.68. The largest absolute Gasteiger partial charge is 0.373 e. The van der Waals surface area contributed by atoms with Gasteiger partial charge in [0, 0.05) is 18.3 Å². The minimum absolute atomic E-state index is 0.190. The lowest BCUT2D eigenvalue weighted by atomic mass is 9.87. The van der Waals surface area contributed by atoms with Crippen molar-refractivity contribution in [1.29, 1.82) is 5.41 Å². The van der Waals surface area contributed by atoms with Crippen LogP contribution in [0.4, 0.5) is 5.69 Å². The number of fused-ring (bicyclic) bond motifs is 1. The van der Waals surface area contributed by atoms with Crippen LogP contribution in [-0.4, -0.2) is 18.0 Å². The molecule has 1 aliphatic rings. The van der Waals surface area contributed by atoms with E-state index in [0.717, 1.165) is 16.8 Å². The van der Waals surface area contributed by atoms with Gasteiger partial charge in [0.1, 0.15) is 5.84 Å². The lowest BCUT2D eigenvalue weighted by molar-refractivity contribution is 0.158. The van der Waals surface area contributed by atoms with Crippen molar-refractivity contribution in [3.63, 3.8) is 0 Å². The molecule has 0 aromatic heterocycles. The first kappa shape index (κ1) is 11.0. The summed E-state index contributed by atoms with van der Waals surface area (Å²) in [4.78, 5) is 1.72. The van der Waals surface area contributed by atoms with E-state index in [9.17, 15) is 5.11 Å². The number of aliphatic hydroxyl groups is 1. The molecule has 18 heavy (non-hydrogen) atoms. The predicted octanol–water partition coefficient (Wildman–Crippen LogP) is 2.35. The molecule has 0 amide bonds. The Morgan fingerprint density at radius 2 is 1.61 bits per heavy atom. The SMILES string of the molecule is CN1C(=N)[C@](O)(c2ccccc2)c2ccccc21. The van der Waals surface area contributed by atoms with Crippen LogP contribution in [0.2, 0.25) is 0 Å². The van der Waals surface area contributed by atoms with Crippen molar-refractivity contribution < 1.29 is 5.11 Å². The van der Waals surface area contributed by atoms with Gasteiger partial charge in [-0.15, -0.1) is 0 Å². The average molecular weight is 238 g/mol. The summed E-state index contributed by atoms with van der Waals surface area (Å²) in [6.07, 6.45) is 0. The zero-order chi connectivity index (χ0) is 12.8. The van der Waals surface area contributed by atoms with Crippen LogP contribution in [0.15, 0.2) is 54.6 Å². The van der Waals surface area contributed by atoms with Gasteiger partial charge in [0.15, 0.2) is 5.60 Å². The molecule has 2 N–H and O–H groups in total. The van der Waals surface area contributed by atoms with Crippen LogP contribution < -0.4 is 4.90 Å². The summed E-state index contributed by atoms with van der Waals surface area (Å²) in [6, 6.07) is 17.0. The van der Waals surface area contributed by atoms with E-state index in [4.69, 9.17) is 5.41 Å². The Kier molecular flexibility index (Phi) is 2.25. The molecule has 3 heteroatoms. The van der Waals surface area contributed by atoms with Gasteiger partial charge >= 0.3 is 0 Å². The third-order valence-electron chi connectivity index (χ3n) is 3.52. The summed E-state index contributed by atoms with van der Waals surface area (Å²) in [6.45, 7) is 0. The third-order valence-corrected chi connectivity index (χ3v) is 3.52. The normalized spacial score (nSPS) is 22.1. The molecule has 2 aromatic rings. The Labute approximate surface area is 106 Å². The Bertz CT molecular complexity index is 609. The number of nitrogens with zero attached hydrogens (tertiary/aromatic N) is 1. The van der Waals surface area contributed by atoms with Gasteiger partial charge in [0.2, 0.25) is 0 Å². The molecule has 1 atom stereocenters. The van der Waals surface area contributed by atoms with Crippen LogP contribution in [0, 0.1) is 5.41 Å². The highest BCUT2D eigenvalue weighted by molar-refractivity contribution is 6.10. The van der Waals surface area contributed by atoms with E-state index in [0.29, 0.717) is 0 Å². The molecule has 0 spiro atoms. The summed E-state index contributed by atoms with van der Waals surface area (Å²) in [7, 11) is 1.81. The maximum atomic E-state index is 11.0. The summed E-state index contributed by atoms with van der Waals surface area (Å²) in [5, 5.41) is 19.2. The molecular weight excluding hydrogens is 224 g/mol. The molecule has 0 bridgehead atoms. The molecule has 0 unspecified atom stereocenters. The van der Waals surface area contributed by atoms with Gasteiger partial charge in [0.25, 0.3) is 0 Å². The molecule has 0 fully saturated rings. The first-order valence-electron chi connectivity index (χ1n) is 5.86. The second-order valence-corrected chi connectivity index (χ2v) is 4.50. The van der Waals surface area contributed by atoms with Gasteiger partial charge in [0.05, 0.1) is 0 Å². The van der Waals surface area contributed by atoms with Crippen LogP contribution in [0.25, 0.3) is 0 Å². The van der Waals surface area contributed by atoms with Crippen LogP contribution in [-0.2, 0) is 5.60 Å². The van der Waals surface area contributed by atoms with E-state index in [-0.39, 0.29) is 5.84 Å². The summed E-state index contributed by atoms with van der Waals surface area (Å²) < 4.78 is 0. The molecule has 3 rings (SSSR count). The Morgan fingerprint density at radius 3 is 2.33 bits per heavy atom. The van der Waals surface area contributed by atoms with Crippen molar-refractivity contribution in [2.24, 2.45) is 0 Å². The van der Waals surface area contributed by atoms with Gasteiger partial charge in [-0.3, -0.25) is 5.41 Å². The number of hydrogen-bond acceptors (Lipinski definition) is 2. The smallest absolute Gasteiger partial charge is 0.174 e. The Morgan fingerprint density at radius 1 is 1.00 bits per heavy atom. The second-order valence-electron chi connectivity index (χ2n) is 4.50. The first-order chi connectivity index (χ1) is 8.65. The van der Waals surface area contributed by atoms with Gasteiger partial charge in [-0.1, -0.05) is 48.5 Å². The highest BCUT2D eigenvalue weighted by Crippen LogP contribution is 2.43. The fraction of sp³-hybridized carbons (Fsp3) is 0.133. The van der Waals surface area contributed by atoms with E-state index in [1.807, 2.05) is 61.6 Å². The van der Waals surface area contributed by atoms with Crippen LogP contribution in [0.5, 0.6) is 0 Å². The molecule has 0 saturated heterocycles. The number of benzene rings is 2. The minimum atomic E-state index is -1.34. The first-order valence-corrected chi connectivity index (χ1v) is 5.86. The summed E-state index contributed by atoms with van der Waals surface area (Å²) >= 11 is 0. The molecule has 0 saturated carbocycles. The quantitative estimate of drug-likeness (QED) is 0.801. The Balaban J connectivity index is 2.27. The molecule has 0 radical (unpaired) electrons. The van der Waals surface area contributed by atoms with Crippen molar-refractivity contribution in [2.45, 2.75) is 5.60 Å². The number of amidine groups is 1. The number of para-hydroxylation sites is 1. The zero-order valence-electron chi connectivity index (χ0n) is 10.1. The van der Waals surface area contributed by atoms with Gasteiger partial charge in [-0.05, 0) is 11.6 Å². The average Bonchev–Trinajstić information content (AvgIpc) is 2.64. The topological polar surface area (TPSA) is 47.3 Å². The van der Waals surface area contributed by atoms with E-state index in [1.165, 1.54) is 0 Å². The lowest BCUT2D eigenvalue weighted by Crippen LogP contribution is -2.38. The number of hydrogen-bond donors (Lipinski definition) is 2. The van der Waals surface area contributed by atoms with Crippen molar-refractivity contribution >= 4 is 11.5 Å². The van der Waals surface area contributed by atoms with Gasteiger partial charge in [-0.2, -0.15) is 0 Å². The standard InChI is InChI=1S/C15H14N2O/c1-17-13-10-6-5-9-12(13)15(18,14(17)16)11-7-3-2-4-8-11/h2-10,16,18H,1H3/t15-/m0/s1. The molecule has 2 aromatic carbocycles. The number of rotatable bonds is 1. The van der Waals surface area contributed by atoms with E-state index >= 15 is 0 Å². The molecule has 3 nitrogen and oxygen atoms in total. The predicted molar refractivity (Wildman–Crippen MR) is 72.0 cm³/mol. The molecule has 1 heterocycles. The monoisotopic (exact) mass is 238 g/mol. The van der Waals surface area contributed by atoms with Crippen molar-refractivity contribution in [3.8, 4) is 0 Å².